The van der Waals surface area contributed by atoms with Gasteiger partial charge in [0.15, 0.2) is 0 Å². The summed E-state index contributed by atoms with van der Waals surface area (Å²) in [5.41, 5.74) is 3.38. The number of hydrogen-bond acceptors (Lipinski definition) is 2. The van der Waals surface area contributed by atoms with Crippen LogP contribution in [0.15, 0.2) is 52.9 Å². The van der Waals surface area contributed by atoms with E-state index in [1.165, 1.54) is 14.8 Å². The number of fused-ring (bicyclic) bond motifs is 1. The second kappa shape index (κ2) is 7.21. The van der Waals surface area contributed by atoms with Crippen molar-refractivity contribution >= 4 is 51.4 Å². The molecular formula is C20H20INO. The Morgan fingerprint density at radius 3 is 2.39 bits per heavy atom. The van der Waals surface area contributed by atoms with Crippen molar-refractivity contribution in [1.82, 2.24) is 0 Å². The molecule has 3 heteroatoms. The highest BCUT2D eigenvalue weighted by molar-refractivity contribution is 14.1. The van der Waals surface area contributed by atoms with Crippen molar-refractivity contribution in [2.75, 3.05) is 18.0 Å². The summed E-state index contributed by atoms with van der Waals surface area (Å²) < 4.78 is 7.06. The summed E-state index contributed by atoms with van der Waals surface area (Å²) in [6, 6.07) is 16.9. The van der Waals surface area contributed by atoms with E-state index < -0.39 is 0 Å². The Balaban J connectivity index is 1.78. The minimum atomic E-state index is 0.884. The maximum absolute atomic E-state index is 5.84. The Labute approximate surface area is 150 Å². The minimum absolute atomic E-state index is 0.884. The van der Waals surface area contributed by atoms with Gasteiger partial charge in [0.1, 0.15) is 11.3 Å². The van der Waals surface area contributed by atoms with Crippen LogP contribution in [0.25, 0.3) is 23.1 Å². The maximum atomic E-state index is 5.84. The molecule has 2 nitrogen and oxygen atoms in total. The van der Waals surface area contributed by atoms with Gasteiger partial charge in [-0.1, -0.05) is 18.2 Å². The van der Waals surface area contributed by atoms with E-state index in [2.05, 4.69) is 89.9 Å². The summed E-state index contributed by atoms with van der Waals surface area (Å²) in [5, 5.41) is 1.15. The fourth-order valence-electron chi connectivity index (χ4n) is 2.68. The number of hydrogen-bond donors (Lipinski definition) is 0. The Morgan fingerprint density at radius 1 is 0.957 bits per heavy atom. The third kappa shape index (κ3) is 3.78. The van der Waals surface area contributed by atoms with E-state index in [9.17, 15) is 0 Å². The van der Waals surface area contributed by atoms with Crippen LogP contribution in [0, 0.1) is 3.57 Å². The molecule has 0 bridgehead atoms. The predicted molar refractivity (Wildman–Crippen MR) is 108 cm³/mol. The molecule has 0 spiro atoms. The van der Waals surface area contributed by atoms with Crippen LogP contribution in [-0.2, 0) is 0 Å². The molecule has 0 fully saturated rings. The van der Waals surface area contributed by atoms with Crippen LogP contribution in [0.2, 0.25) is 0 Å². The van der Waals surface area contributed by atoms with Crippen LogP contribution >= 0.6 is 22.6 Å². The number of rotatable bonds is 5. The van der Waals surface area contributed by atoms with Crippen molar-refractivity contribution in [3.05, 3.63) is 63.4 Å². The third-order valence-electron chi connectivity index (χ3n) is 3.96. The van der Waals surface area contributed by atoms with Gasteiger partial charge in [0.05, 0.1) is 0 Å². The molecular weight excluding hydrogens is 397 g/mol. The van der Waals surface area contributed by atoms with Crippen LogP contribution < -0.4 is 4.90 Å². The molecule has 0 aliphatic heterocycles. The van der Waals surface area contributed by atoms with Crippen LogP contribution in [-0.4, -0.2) is 13.1 Å². The van der Waals surface area contributed by atoms with Gasteiger partial charge in [-0.25, -0.2) is 0 Å². The molecule has 0 radical (unpaired) electrons. The van der Waals surface area contributed by atoms with E-state index in [4.69, 9.17) is 4.42 Å². The molecule has 0 amide bonds. The van der Waals surface area contributed by atoms with Gasteiger partial charge in [-0.2, -0.15) is 0 Å². The molecule has 0 saturated heterocycles. The van der Waals surface area contributed by atoms with Gasteiger partial charge in [-0.15, -0.1) is 0 Å². The SMILES string of the molecule is CCN(CC)c1ccc(C=Cc2cc3cc(I)ccc3o2)cc1. The lowest BCUT2D eigenvalue weighted by Gasteiger charge is -2.20. The lowest BCUT2D eigenvalue weighted by Crippen LogP contribution is -2.21. The van der Waals surface area contributed by atoms with Crippen molar-refractivity contribution in [3.8, 4) is 0 Å². The van der Waals surface area contributed by atoms with Crippen LogP contribution in [0.4, 0.5) is 5.69 Å². The lowest BCUT2D eigenvalue weighted by atomic mass is 10.1. The summed E-state index contributed by atoms with van der Waals surface area (Å²) in [6.07, 6.45) is 4.12. The van der Waals surface area contributed by atoms with Crippen molar-refractivity contribution in [2.45, 2.75) is 13.8 Å². The van der Waals surface area contributed by atoms with Crippen LogP contribution in [0.1, 0.15) is 25.2 Å². The molecule has 0 atom stereocenters. The normalized spacial score (nSPS) is 11.4. The first kappa shape index (κ1) is 16.1. The van der Waals surface area contributed by atoms with Crippen molar-refractivity contribution in [2.24, 2.45) is 0 Å². The molecule has 0 aliphatic carbocycles. The van der Waals surface area contributed by atoms with E-state index in [0.717, 1.165) is 29.8 Å². The van der Waals surface area contributed by atoms with Gasteiger partial charge in [-0.3, -0.25) is 0 Å². The quantitative estimate of drug-likeness (QED) is 0.470. The van der Waals surface area contributed by atoms with Gasteiger partial charge in [0.2, 0.25) is 0 Å². The topological polar surface area (TPSA) is 16.4 Å². The zero-order valence-corrected chi connectivity index (χ0v) is 15.6. The number of halogens is 1. The molecule has 3 aromatic rings. The summed E-state index contributed by atoms with van der Waals surface area (Å²) in [4.78, 5) is 2.34. The smallest absolute Gasteiger partial charge is 0.134 e. The van der Waals surface area contributed by atoms with Crippen molar-refractivity contribution in [3.63, 3.8) is 0 Å². The number of anilines is 1. The minimum Gasteiger partial charge on any atom is -0.457 e. The molecule has 1 aromatic heterocycles. The third-order valence-corrected chi connectivity index (χ3v) is 4.63. The molecule has 1 heterocycles. The molecule has 0 saturated carbocycles. The average Bonchev–Trinajstić information content (AvgIpc) is 2.97. The number of benzene rings is 2. The van der Waals surface area contributed by atoms with E-state index in [1.807, 2.05) is 12.1 Å². The van der Waals surface area contributed by atoms with Gasteiger partial charge in [0.25, 0.3) is 0 Å². The first-order valence-electron chi connectivity index (χ1n) is 7.91. The van der Waals surface area contributed by atoms with Crippen LogP contribution in [0.3, 0.4) is 0 Å². The highest BCUT2D eigenvalue weighted by atomic mass is 127. The molecule has 0 aliphatic rings. The fraction of sp³-hybridized carbons (Fsp3) is 0.200. The van der Waals surface area contributed by atoms with Gasteiger partial charge < -0.3 is 9.32 Å². The van der Waals surface area contributed by atoms with Crippen molar-refractivity contribution < 1.29 is 4.42 Å². The number of nitrogens with zero attached hydrogens (tertiary/aromatic N) is 1. The first-order chi connectivity index (χ1) is 11.2. The summed E-state index contributed by atoms with van der Waals surface area (Å²) in [7, 11) is 0. The summed E-state index contributed by atoms with van der Waals surface area (Å²) in [5.74, 6) is 0.884. The maximum Gasteiger partial charge on any atom is 0.134 e. The number of furan rings is 1. The molecule has 2 aromatic carbocycles. The Morgan fingerprint density at radius 2 is 1.70 bits per heavy atom. The lowest BCUT2D eigenvalue weighted by molar-refractivity contribution is 0.604. The average molecular weight is 417 g/mol. The predicted octanol–water partition coefficient (Wildman–Crippen LogP) is 6.05. The molecule has 118 valence electrons. The van der Waals surface area contributed by atoms with E-state index in [1.54, 1.807) is 0 Å². The second-order valence-corrected chi connectivity index (χ2v) is 6.67. The van der Waals surface area contributed by atoms with Gasteiger partial charge >= 0.3 is 0 Å². The highest BCUT2D eigenvalue weighted by Crippen LogP contribution is 2.23. The van der Waals surface area contributed by atoms with Gasteiger partial charge in [0, 0.05) is 27.7 Å². The first-order valence-corrected chi connectivity index (χ1v) is 8.99. The second-order valence-electron chi connectivity index (χ2n) is 5.43. The Bertz CT molecular complexity index is 813. The fourth-order valence-corrected chi connectivity index (χ4v) is 3.20. The van der Waals surface area contributed by atoms with E-state index in [-0.39, 0.29) is 0 Å². The Hall–Kier alpha value is -1.75. The molecule has 23 heavy (non-hydrogen) atoms. The standard InChI is InChI=1S/C20H20INO/c1-3-22(4-2)18-9-5-15(6-10-18)7-11-19-14-16-13-17(21)8-12-20(16)23-19/h5-14H,3-4H2,1-2H3. The molecule has 0 unspecified atom stereocenters. The monoisotopic (exact) mass is 417 g/mol. The van der Waals surface area contributed by atoms with Gasteiger partial charge in [-0.05, 0) is 84.5 Å². The largest absolute Gasteiger partial charge is 0.457 e. The summed E-state index contributed by atoms with van der Waals surface area (Å²) >= 11 is 2.32. The van der Waals surface area contributed by atoms with Crippen molar-refractivity contribution in [1.29, 1.82) is 0 Å². The zero-order chi connectivity index (χ0) is 16.2. The highest BCUT2D eigenvalue weighted by Gasteiger charge is 2.02. The summed E-state index contributed by atoms with van der Waals surface area (Å²) in [6.45, 7) is 6.42. The van der Waals surface area contributed by atoms with E-state index >= 15 is 0 Å². The van der Waals surface area contributed by atoms with E-state index in [0.29, 0.717) is 0 Å². The Kier molecular flexibility index (Phi) is 5.06. The molecule has 0 N–H and O–H groups in total. The van der Waals surface area contributed by atoms with Crippen LogP contribution in [0.5, 0.6) is 0 Å². The molecule has 3 rings (SSSR count). The zero-order valence-electron chi connectivity index (χ0n) is 13.4.